The molecule has 2 heterocycles. The number of amides is 1. The molecule has 1 aromatic carbocycles. The molecule has 0 radical (unpaired) electrons. The van der Waals surface area contributed by atoms with E-state index in [1.165, 1.54) is 5.56 Å². The molecule has 0 bridgehead atoms. The molecule has 2 aliphatic rings. The summed E-state index contributed by atoms with van der Waals surface area (Å²) in [4.78, 5) is 18.2. The molecular weight excluding hydrogens is 366 g/mol. The zero-order valence-corrected chi connectivity index (χ0v) is 16.9. The first-order valence-corrected chi connectivity index (χ1v) is 10.3. The monoisotopic (exact) mass is 395 g/mol. The Hall–Kier alpha value is -2.60. The number of carbonyl (C=O) groups is 1. The van der Waals surface area contributed by atoms with E-state index in [4.69, 9.17) is 4.74 Å². The number of pyridine rings is 1. The molecule has 2 N–H and O–H groups in total. The third kappa shape index (κ3) is 4.53. The number of hydrogen-bond donors (Lipinski definition) is 2. The molecule has 0 unspecified atom stereocenters. The topological polar surface area (TPSA) is 74.7 Å². The van der Waals surface area contributed by atoms with Gasteiger partial charge in [0, 0.05) is 30.8 Å². The SMILES string of the molecule is COc1ccc(CC2(CN(C(=O)O)[C@@H]3C[C@H]3c3ccccc3)CCNCC2)cn1. The highest BCUT2D eigenvalue weighted by atomic mass is 16.5. The van der Waals surface area contributed by atoms with Gasteiger partial charge in [0.25, 0.3) is 0 Å². The van der Waals surface area contributed by atoms with Crippen LogP contribution in [0.1, 0.15) is 36.3 Å². The third-order valence-corrected chi connectivity index (χ3v) is 6.39. The highest BCUT2D eigenvalue weighted by Crippen LogP contribution is 2.46. The van der Waals surface area contributed by atoms with E-state index in [2.05, 4.69) is 22.4 Å². The molecule has 0 spiro atoms. The number of rotatable bonds is 7. The van der Waals surface area contributed by atoms with Crippen LogP contribution >= 0.6 is 0 Å². The molecule has 1 saturated carbocycles. The van der Waals surface area contributed by atoms with E-state index in [0.717, 1.165) is 44.3 Å². The third-order valence-electron chi connectivity index (χ3n) is 6.39. The van der Waals surface area contributed by atoms with Gasteiger partial charge in [0.05, 0.1) is 7.11 Å². The van der Waals surface area contributed by atoms with Crippen LogP contribution in [-0.2, 0) is 6.42 Å². The van der Waals surface area contributed by atoms with Gasteiger partial charge in [-0.3, -0.25) is 0 Å². The summed E-state index contributed by atoms with van der Waals surface area (Å²) in [5.41, 5.74) is 2.31. The fraction of sp³-hybridized carbons (Fsp3) is 0.478. The fourth-order valence-electron chi connectivity index (χ4n) is 4.69. The van der Waals surface area contributed by atoms with Crippen molar-refractivity contribution in [3.8, 4) is 5.88 Å². The molecule has 2 atom stereocenters. The van der Waals surface area contributed by atoms with E-state index < -0.39 is 6.09 Å². The Labute approximate surface area is 171 Å². The van der Waals surface area contributed by atoms with Gasteiger partial charge >= 0.3 is 6.09 Å². The molecule has 2 fully saturated rings. The predicted octanol–water partition coefficient (Wildman–Crippen LogP) is 3.54. The summed E-state index contributed by atoms with van der Waals surface area (Å²) < 4.78 is 5.17. The van der Waals surface area contributed by atoms with Crippen LogP contribution in [0.2, 0.25) is 0 Å². The summed E-state index contributed by atoms with van der Waals surface area (Å²) >= 11 is 0. The Morgan fingerprint density at radius 2 is 2.00 bits per heavy atom. The maximum absolute atomic E-state index is 12.2. The molecule has 1 amide bonds. The number of nitrogens with zero attached hydrogens (tertiary/aromatic N) is 2. The highest BCUT2D eigenvalue weighted by Gasteiger charge is 2.47. The minimum Gasteiger partial charge on any atom is -0.481 e. The van der Waals surface area contributed by atoms with Gasteiger partial charge in [-0.25, -0.2) is 9.78 Å². The van der Waals surface area contributed by atoms with E-state index in [1.54, 1.807) is 12.0 Å². The smallest absolute Gasteiger partial charge is 0.407 e. The van der Waals surface area contributed by atoms with E-state index in [1.807, 2.05) is 36.5 Å². The van der Waals surface area contributed by atoms with Crippen molar-refractivity contribution in [2.24, 2.45) is 5.41 Å². The van der Waals surface area contributed by atoms with Crippen molar-refractivity contribution in [3.05, 3.63) is 59.8 Å². The number of carboxylic acid groups (broad SMARTS) is 1. The molecule has 1 aliphatic heterocycles. The fourth-order valence-corrected chi connectivity index (χ4v) is 4.69. The summed E-state index contributed by atoms with van der Waals surface area (Å²) in [6, 6.07) is 14.3. The lowest BCUT2D eigenvalue weighted by atomic mass is 9.74. The van der Waals surface area contributed by atoms with E-state index in [0.29, 0.717) is 18.3 Å². The molecule has 1 saturated heterocycles. The second kappa shape index (κ2) is 8.41. The first-order valence-electron chi connectivity index (χ1n) is 10.3. The Kier molecular flexibility index (Phi) is 5.72. The van der Waals surface area contributed by atoms with Gasteiger partial charge in [0.1, 0.15) is 0 Å². The lowest BCUT2D eigenvalue weighted by molar-refractivity contribution is 0.0887. The highest BCUT2D eigenvalue weighted by molar-refractivity contribution is 5.66. The molecule has 6 nitrogen and oxygen atoms in total. The Balaban J connectivity index is 1.51. The van der Waals surface area contributed by atoms with Crippen molar-refractivity contribution >= 4 is 6.09 Å². The minimum atomic E-state index is -0.806. The second-order valence-corrected chi connectivity index (χ2v) is 8.37. The van der Waals surface area contributed by atoms with Gasteiger partial charge in [-0.15, -0.1) is 0 Å². The van der Waals surface area contributed by atoms with E-state index >= 15 is 0 Å². The number of piperidine rings is 1. The molecule has 1 aromatic heterocycles. The largest absolute Gasteiger partial charge is 0.481 e. The molecule has 154 valence electrons. The number of hydrogen-bond acceptors (Lipinski definition) is 4. The number of methoxy groups -OCH3 is 1. The van der Waals surface area contributed by atoms with Crippen molar-refractivity contribution in [2.75, 3.05) is 26.7 Å². The van der Waals surface area contributed by atoms with Crippen molar-refractivity contribution in [2.45, 2.75) is 37.6 Å². The van der Waals surface area contributed by atoms with Crippen molar-refractivity contribution in [3.63, 3.8) is 0 Å². The van der Waals surface area contributed by atoms with E-state index in [-0.39, 0.29) is 11.5 Å². The molecule has 6 heteroatoms. The maximum Gasteiger partial charge on any atom is 0.407 e. The Morgan fingerprint density at radius 3 is 2.62 bits per heavy atom. The maximum atomic E-state index is 12.2. The average Bonchev–Trinajstić information content (AvgIpc) is 3.54. The Morgan fingerprint density at radius 1 is 1.24 bits per heavy atom. The number of nitrogens with one attached hydrogen (secondary N) is 1. The first-order chi connectivity index (χ1) is 14.1. The van der Waals surface area contributed by atoms with Crippen LogP contribution in [0.5, 0.6) is 5.88 Å². The normalized spacial score (nSPS) is 22.7. The molecule has 2 aromatic rings. The zero-order chi connectivity index (χ0) is 20.3. The summed E-state index contributed by atoms with van der Waals surface area (Å²) in [7, 11) is 1.61. The number of ether oxygens (including phenoxy) is 1. The van der Waals surface area contributed by atoms with Crippen LogP contribution in [0.25, 0.3) is 0 Å². The van der Waals surface area contributed by atoms with Gasteiger partial charge in [-0.05, 0) is 55.3 Å². The van der Waals surface area contributed by atoms with Crippen LogP contribution in [0.3, 0.4) is 0 Å². The first kappa shape index (κ1) is 19.7. The van der Waals surface area contributed by atoms with Gasteiger partial charge in [0.15, 0.2) is 0 Å². The Bertz CT molecular complexity index is 819. The van der Waals surface area contributed by atoms with Crippen molar-refractivity contribution in [1.82, 2.24) is 15.2 Å². The lowest BCUT2D eigenvalue weighted by Gasteiger charge is -2.41. The molecule has 29 heavy (non-hydrogen) atoms. The van der Waals surface area contributed by atoms with Crippen LogP contribution < -0.4 is 10.1 Å². The van der Waals surface area contributed by atoms with E-state index in [9.17, 15) is 9.90 Å². The van der Waals surface area contributed by atoms with Crippen LogP contribution in [-0.4, -0.2) is 53.9 Å². The standard InChI is InChI=1S/C23H29N3O3/c1-29-21-8-7-17(15-25-21)14-23(9-11-24-12-10-23)16-26(22(27)28)20-13-19(20)18-5-3-2-4-6-18/h2-8,15,19-20,24H,9-14,16H2,1H3,(H,27,28)/t19-,20+/m0/s1. The lowest BCUT2D eigenvalue weighted by Crippen LogP contribution is -2.48. The van der Waals surface area contributed by atoms with Gasteiger partial charge in [0.2, 0.25) is 5.88 Å². The van der Waals surface area contributed by atoms with Crippen LogP contribution in [0.15, 0.2) is 48.7 Å². The van der Waals surface area contributed by atoms with Gasteiger partial charge in [-0.2, -0.15) is 0 Å². The minimum absolute atomic E-state index is 0.0657. The summed E-state index contributed by atoms with van der Waals surface area (Å²) in [5, 5.41) is 13.4. The molecular formula is C23H29N3O3. The molecule has 4 rings (SSSR count). The summed E-state index contributed by atoms with van der Waals surface area (Å²) in [5.74, 6) is 0.915. The van der Waals surface area contributed by atoms with Crippen LogP contribution in [0.4, 0.5) is 4.79 Å². The number of benzene rings is 1. The van der Waals surface area contributed by atoms with Gasteiger partial charge in [-0.1, -0.05) is 36.4 Å². The quantitative estimate of drug-likeness (QED) is 0.750. The average molecular weight is 396 g/mol. The number of aromatic nitrogens is 1. The van der Waals surface area contributed by atoms with Gasteiger partial charge < -0.3 is 20.1 Å². The predicted molar refractivity (Wildman–Crippen MR) is 111 cm³/mol. The summed E-state index contributed by atoms with van der Waals surface area (Å²) in [6.45, 7) is 2.41. The van der Waals surface area contributed by atoms with Crippen molar-refractivity contribution < 1.29 is 14.6 Å². The van der Waals surface area contributed by atoms with Crippen molar-refractivity contribution in [1.29, 1.82) is 0 Å². The zero-order valence-electron chi connectivity index (χ0n) is 16.9. The second-order valence-electron chi connectivity index (χ2n) is 8.37. The molecule has 1 aliphatic carbocycles. The van der Waals surface area contributed by atoms with Crippen LogP contribution in [0, 0.1) is 5.41 Å². The summed E-state index contributed by atoms with van der Waals surface area (Å²) in [6.07, 6.45) is 4.72.